The first-order chi connectivity index (χ1) is 10.4. The molecule has 2 N–H and O–H groups in total. The molecule has 5 nitrogen and oxygen atoms in total. The lowest BCUT2D eigenvalue weighted by atomic mass is 10.2. The number of nitrogens with zero attached hydrogens (tertiary/aromatic N) is 1. The van der Waals surface area contributed by atoms with Crippen molar-refractivity contribution < 1.29 is 8.42 Å². The molecular formula is C15H18ClN3O2S. The second-order valence-corrected chi connectivity index (χ2v) is 7.08. The van der Waals surface area contributed by atoms with Gasteiger partial charge in [-0.1, -0.05) is 23.7 Å². The van der Waals surface area contributed by atoms with Crippen molar-refractivity contribution in [3.63, 3.8) is 0 Å². The van der Waals surface area contributed by atoms with Crippen LogP contribution in [0.1, 0.15) is 11.1 Å². The molecule has 1 heterocycles. The average Bonchev–Trinajstić information content (AvgIpc) is 2.46. The Morgan fingerprint density at radius 3 is 2.64 bits per heavy atom. The standard InChI is InChI=1S/C15H18ClN3O2S/c1-11-3-4-12(2)14(9-11)22(20,21)19-8-7-17-13-5-6-18-15(16)10-13/h3-6,9-10,19H,7-8H2,1-2H3,(H,17,18). The lowest BCUT2D eigenvalue weighted by molar-refractivity contribution is 0.582. The summed E-state index contributed by atoms with van der Waals surface area (Å²) in [6, 6.07) is 8.82. The van der Waals surface area contributed by atoms with Crippen molar-refractivity contribution >= 4 is 27.3 Å². The number of aromatic nitrogens is 1. The van der Waals surface area contributed by atoms with Crippen molar-refractivity contribution in [2.75, 3.05) is 18.4 Å². The second-order valence-electron chi connectivity index (χ2n) is 4.96. The Morgan fingerprint density at radius 1 is 1.14 bits per heavy atom. The van der Waals surface area contributed by atoms with Crippen LogP contribution in [0.5, 0.6) is 0 Å². The number of nitrogens with one attached hydrogen (secondary N) is 2. The Kier molecular flexibility index (Phi) is 5.39. The van der Waals surface area contributed by atoms with Gasteiger partial charge < -0.3 is 5.32 Å². The second kappa shape index (κ2) is 7.09. The lowest BCUT2D eigenvalue weighted by Crippen LogP contribution is -2.29. The molecule has 1 aromatic heterocycles. The fourth-order valence-corrected chi connectivity index (χ4v) is 3.51. The summed E-state index contributed by atoms with van der Waals surface area (Å²) in [7, 11) is -3.50. The molecule has 0 unspecified atom stereocenters. The molecule has 22 heavy (non-hydrogen) atoms. The molecule has 2 aromatic rings. The number of benzene rings is 1. The maximum absolute atomic E-state index is 12.3. The smallest absolute Gasteiger partial charge is 0.240 e. The minimum Gasteiger partial charge on any atom is -0.384 e. The van der Waals surface area contributed by atoms with E-state index in [0.717, 1.165) is 16.8 Å². The van der Waals surface area contributed by atoms with Crippen LogP contribution in [0.3, 0.4) is 0 Å². The normalized spacial score (nSPS) is 11.4. The van der Waals surface area contributed by atoms with E-state index in [4.69, 9.17) is 11.6 Å². The molecule has 0 atom stereocenters. The third-order valence-electron chi connectivity index (χ3n) is 3.11. The van der Waals surface area contributed by atoms with E-state index < -0.39 is 10.0 Å². The van der Waals surface area contributed by atoms with Crippen LogP contribution in [-0.2, 0) is 10.0 Å². The first-order valence-electron chi connectivity index (χ1n) is 6.81. The van der Waals surface area contributed by atoms with Gasteiger partial charge in [-0.3, -0.25) is 0 Å². The van der Waals surface area contributed by atoms with E-state index in [9.17, 15) is 8.42 Å². The summed E-state index contributed by atoms with van der Waals surface area (Å²) in [5.74, 6) is 0. The van der Waals surface area contributed by atoms with Crippen molar-refractivity contribution in [3.05, 3.63) is 52.8 Å². The van der Waals surface area contributed by atoms with Gasteiger partial charge in [-0.25, -0.2) is 18.1 Å². The van der Waals surface area contributed by atoms with Crippen molar-refractivity contribution in [3.8, 4) is 0 Å². The van der Waals surface area contributed by atoms with Crippen LogP contribution < -0.4 is 10.0 Å². The first-order valence-corrected chi connectivity index (χ1v) is 8.67. The number of anilines is 1. The van der Waals surface area contributed by atoms with Gasteiger partial charge in [0.05, 0.1) is 4.90 Å². The summed E-state index contributed by atoms with van der Waals surface area (Å²) in [6.45, 7) is 4.37. The van der Waals surface area contributed by atoms with Crippen LogP contribution in [0, 0.1) is 13.8 Å². The molecule has 0 fully saturated rings. The zero-order chi connectivity index (χ0) is 16.2. The van der Waals surface area contributed by atoms with Crippen molar-refractivity contribution in [1.29, 1.82) is 0 Å². The summed E-state index contributed by atoms with van der Waals surface area (Å²) in [5.41, 5.74) is 2.44. The van der Waals surface area contributed by atoms with E-state index in [-0.39, 0.29) is 6.54 Å². The molecule has 0 spiro atoms. The van der Waals surface area contributed by atoms with Crippen molar-refractivity contribution in [2.45, 2.75) is 18.7 Å². The molecule has 2 rings (SSSR count). The van der Waals surface area contributed by atoms with Crippen molar-refractivity contribution in [1.82, 2.24) is 9.71 Å². The predicted molar refractivity (Wildman–Crippen MR) is 88.8 cm³/mol. The number of hydrogen-bond donors (Lipinski definition) is 2. The highest BCUT2D eigenvalue weighted by molar-refractivity contribution is 7.89. The number of sulfonamides is 1. The fourth-order valence-electron chi connectivity index (χ4n) is 1.98. The molecule has 0 amide bonds. The molecule has 0 saturated carbocycles. The molecule has 118 valence electrons. The molecule has 0 aliphatic rings. The van der Waals surface area contributed by atoms with Gasteiger partial charge in [0.25, 0.3) is 0 Å². The summed E-state index contributed by atoms with van der Waals surface area (Å²) in [5, 5.41) is 3.47. The highest BCUT2D eigenvalue weighted by atomic mass is 35.5. The molecule has 0 aliphatic heterocycles. The number of hydrogen-bond acceptors (Lipinski definition) is 4. The van der Waals surface area contributed by atoms with Gasteiger partial charge in [-0.15, -0.1) is 0 Å². The van der Waals surface area contributed by atoms with Crippen LogP contribution >= 0.6 is 11.6 Å². The minimum atomic E-state index is -3.50. The molecule has 0 radical (unpaired) electrons. The Morgan fingerprint density at radius 2 is 1.91 bits per heavy atom. The van der Waals surface area contributed by atoms with E-state index in [1.807, 2.05) is 13.0 Å². The van der Waals surface area contributed by atoms with E-state index in [2.05, 4.69) is 15.0 Å². The van der Waals surface area contributed by atoms with E-state index in [1.165, 1.54) is 0 Å². The Balaban J connectivity index is 1.94. The van der Waals surface area contributed by atoms with Crippen LogP contribution in [0.25, 0.3) is 0 Å². The van der Waals surface area contributed by atoms with E-state index in [0.29, 0.717) is 16.6 Å². The maximum atomic E-state index is 12.3. The van der Waals surface area contributed by atoms with Crippen LogP contribution in [-0.4, -0.2) is 26.5 Å². The largest absolute Gasteiger partial charge is 0.384 e. The fraction of sp³-hybridized carbons (Fsp3) is 0.267. The molecule has 1 aromatic carbocycles. The quantitative estimate of drug-likeness (QED) is 0.627. The monoisotopic (exact) mass is 339 g/mol. The van der Waals surface area contributed by atoms with Gasteiger partial charge in [0.2, 0.25) is 10.0 Å². The summed E-state index contributed by atoms with van der Waals surface area (Å²) in [6.07, 6.45) is 1.59. The highest BCUT2D eigenvalue weighted by Gasteiger charge is 2.16. The first kappa shape index (κ1) is 16.7. The zero-order valence-corrected chi connectivity index (χ0v) is 14.0. The zero-order valence-electron chi connectivity index (χ0n) is 12.4. The van der Waals surface area contributed by atoms with E-state index >= 15 is 0 Å². The number of halogens is 1. The van der Waals surface area contributed by atoms with Gasteiger partial charge in [0.1, 0.15) is 5.15 Å². The van der Waals surface area contributed by atoms with Crippen LogP contribution in [0.4, 0.5) is 5.69 Å². The number of pyridine rings is 1. The summed E-state index contributed by atoms with van der Waals surface area (Å²) in [4.78, 5) is 4.20. The molecule has 0 aliphatic carbocycles. The molecule has 7 heteroatoms. The van der Waals surface area contributed by atoms with Crippen molar-refractivity contribution in [2.24, 2.45) is 0 Å². The van der Waals surface area contributed by atoms with Crippen LogP contribution in [0.15, 0.2) is 41.4 Å². The summed E-state index contributed by atoms with van der Waals surface area (Å²) >= 11 is 5.78. The SMILES string of the molecule is Cc1ccc(C)c(S(=O)(=O)NCCNc2ccnc(Cl)c2)c1. The predicted octanol–water partition coefficient (Wildman–Crippen LogP) is 2.74. The van der Waals surface area contributed by atoms with Gasteiger partial charge in [0.15, 0.2) is 0 Å². The third-order valence-corrected chi connectivity index (χ3v) is 4.92. The third kappa shape index (κ3) is 4.43. The Hall–Kier alpha value is -1.63. The number of rotatable bonds is 6. The van der Waals surface area contributed by atoms with E-state index in [1.54, 1.807) is 37.4 Å². The van der Waals surface area contributed by atoms with Gasteiger partial charge in [0, 0.05) is 25.0 Å². The Labute approximate surface area is 135 Å². The molecule has 0 bridgehead atoms. The summed E-state index contributed by atoms with van der Waals surface area (Å²) < 4.78 is 27.2. The minimum absolute atomic E-state index is 0.273. The maximum Gasteiger partial charge on any atom is 0.240 e. The van der Waals surface area contributed by atoms with Gasteiger partial charge in [-0.2, -0.15) is 0 Å². The number of aryl methyl sites for hydroxylation is 2. The lowest BCUT2D eigenvalue weighted by Gasteiger charge is -2.11. The van der Waals surface area contributed by atoms with Crippen LogP contribution in [0.2, 0.25) is 5.15 Å². The molecule has 0 saturated heterocycles. The van der Waals surface area contributed by atoms with Gasteiger partial charge in [-0.05, 0) is 43.2 Å². The van der Waals surface area contributed by atoms with Gasteiger partial charge >= 0.3 is 0 Å². The Bertz CT molecular complexity index is 763. The topological polar surface area (TPSA) is 71.1 Å². The highest BCUT2D eigenvalue weighted by Crippen LogP contribution is 2.16. The molecular weight excluding hydrogens is 322 g/mol. The average molecular weight is 340 g/mol.